The number of rotatable bonds is 5. The van der Waals surface area contributed by atoms with Gasteiger partial charge in [0.15, 0.2) is 0 Å². The number of hydrogen-bond donors (Lipinski definition) is 1. The van der Waals surface area contributed by atoms with Crippen LogP contribution in [0, 0.1) is 6.92 Å². The lowest BCUT2D eigenvalue weighted by Gasteiger charge is -2.14. The molecule has 0 aliphatic rings. The van der Waals surface area contributed by atoms with E-state index in [0.717, 1.165) is 11.1 Å². The van der Waals surface area contributed by atoms with Gasteiger partial charge >= 0.3 is 10.1 Å². The van der Waals surface area contributed by atoms with Crippen molar-refractivity contribution < 1.29 is 17.9 Å². The quantitative estimate of drug-likeness (QED) is 0.858. The lowest BCUT2D eigenvalue weighted by molar-refractivity contribution is -0.286. The Hall–Kier alpha value is -1.73. The van der Waals surface area contributed by atoms with Crippen LogP contribution in [0.1, 0.15) is 11.1 Å². The maximum absolute atomic E-state index is 11.9. The van der Waals surface area contributed by atoms with Gasteiger partial charge in [0, 0.05) is 0 Å². The molecular weight excluding hydrogens is 278 g/mol. The molecule has 0 fully saturated rings. The summed E-state index contributed by atoms with van der Waals surface area (Å²) >= 11 is 0. The largest absolute Gasteiger partial charge is 0.315 e. The second-order valence-corrected chi connectivity index (χ2v) is 5.87. The molecule has 2 rings (SSSR count). The minimum absolute atomic E-state index is 0.00443. The molecule has 0 heterocycles. The zero-order chi connectivity index (χ0) is 14.6. The van der Waals surface area contributed by atoms with E-state index in [1.807, 2.05) is 13.0 Å². The third kappa shape index (κ3) is 3.88. The van der Waals surface area contributed by atoms with E-state index in [4.69, 9.17) is 0 Å². The highest BCUT2D eigenvalue weighted by Gasteiger charge is 2.19. The smallest absolute Gasteiger partial charge is 0.288 e. The average molecular weight is 293 g/mol. The molecule has 0 atom stereocenters. The molecule has 0 aliphatic heterocycles. The third-order valence-electron chi connectivity index (χ3n) is 2.65. The Labute approximate surface area is 118 Å². The Kier molecular flexibility index (Phi) is 4.51. The summed E-state index contributed by atoms with van der Waals surface area (Å²) in [6, 6.07) is 15.1. The normalized spacial score (nSPS) is 11.8. The summed E-state index contributed by atoms with van der Waals surface area (Å²) in [5, 5.41) is 9.90. The Morgan fingerprint density at radius 3 is 2.25 bits per heavy atom. The summed E-state index contributed by atoms with van der Waals surface area (Å²) in [6.07, 6.45) is 0. The number of nitrogens with zero attached hydrogens (tertiary/aromatic N) is 1. The first-order valence-corrected chi connectivity index (χ1v) is 7.40. The zero-order valence-electron chi connectivity index (χ0n) is 10.9. The second kappa shape index (κ2) is 6.15. The molecule has 0 aromatic heterocycles. The number of hydrogen-bond acceptors (Lipinski definition) is 5. The van der Waals surface area contributed by atoms with Gasteiger partial charge in [-0.25, -0.2) is 0 Å². The van der Waals surface area contributed by atoms with Crippen molar-refractivity contribution in [3.8, 4) is 0 Å². The first kappa shape index (κ1) is 14.7. The van der Waals surface area contributed by atoms with Crippen molar-refractivity contribution in [1.82, 2.24) is 5.23 Å². The van der Waals surface area contributed by atoms with Crippen LogP contribution in [0.25, 0.3) is 0 Å². The van der Waals surface area contributed by atoms with Crippen LogP contribution in [0.3, 0.4) is 0 Å². The zero-order valence-corrected chi connectivity index (χ0v) is 11.7. The van der Waals surface area contributed by atoms with Crippen LogP contribution in [0.5, 0.6) is 0 Å². The lowest BCUT2D eigenvalue weighted by atomic mass is 10.2. The Balaban J connectivity index is 2.06. The first-order chi connectivity index (χ1) is 9.47. The van der Waals surface area contributed by atoms with Gasteiger partial charge in [0.1, 0.15) is 0 Å². The van der Waals surface area contributed by atoms with Gasteiger partial charge in [0.2, 0.25) is 0 Å². The van der Waals surface area contributed by atoms with Gasteiger partial charge in [-0.15, -0.1) is 4.28 Å². The fourth-order valence-corrected chi connectivity index (χ4v) is 2.46. The van der Waals surface area contributed by atoms with Crippen molar-refractivity contribution in [2.45, 2.75) is 18.4 Å². The Bertz CT molecular complexity index is 653. The monoisotopic (exact) mass is 293 g/mol. The maximum atomic E-state index is 11.9. The molecule has 0 unspecified atom stereocenters. The number of benzene rings is 2. The minimum atomic E-state index is -4.02. The molecule has 1 N–H and O–H groups in total. The molecular formula is C14H15NO4S. The van der Waals surface area contributed by atoms with Crippen molar-refractivity contribution >= 4 is 10.1 Å². The van der Waals surface area contributed by atoms with E-state index in [9.17, 15) is 13.6 Å². The van der Waals surface area contributed by atoms with Crippen molar-refractivity contribution in [2.75, 3.05) is 0 Å². The maximum Gasteiger partial charge on any atom is 0.315 e. The summed E-state index contributed by atoms with van der Waals surface area (Å²) < 4.78 is 28.5. The molecule has 2 aromatic carbocycles. The van der Waals surface area contributed by atoms with Crippen LogP contribution < -0.4 is 0 Å². The molecule has 0 radical (unpaired) electrons. The van der Waals surface area contributed by atoms with Gasteiger partial charge in [-0.05, 0) is 29.8 Å². The highest BCUT2D eigenvalue weighted by atomic mass is 32.2. The average Bonchev–Trinajstić information content (AvgIpc) is 2.39. The van der Waals surface area contributed by atoms with E-state index in [0.29, 0.717) is 5.23 Å². The van der Waals surface area contributed by atoms with Crippen molar-refractivity contribution in [2.24, 2.45) is 0 Å². The SMILES string of the molecule is Cc1ccc(S(=O)(=O)ON(O)Cc2ccccc2)cc1. The molecule has 5 nitrogen and oxygen atoms in total. The van der Waals surface area contributed by atoms with Gasteiger partial charge < -0.3 is 0 Å². The third-order valence-corrected chi connectivity index (χ3v) is 3.87. The standard InChI is InChI=1S/C14H15NO4S/c1-12-7-9-14(10-8-12)20(17,18)19-15(16)11-13-5-3-2-4-6-13/h2-10,16H,11H2,1H3. The molecule has 0 saturated carbocycles. The topological polar surface area (TPSA) is 66.8 Å². The van der Waals surface area contributed by atoms with E-state index < -0.39 is 10.1 Å². The van der Waals surface area contributed by atoms with Gasteiger partial charge in [0.05, 0.1) is 11.4 Å². The molecule has 0 spiro atoms. The lowest BCUT2D eigenvalue weighted by Crippen LogP contribution is -2.23. The van der Waals surface area contributed by atoms with Gasteiger partial charge in [-0.1, -0.05) is 48.0 Å². The molecule has 0 saturated heterocycles. The van der Waals surface area contributed by atoms with E-state index in [1.165, 1.54) is 12.1 Å². The number of hydroxylamine groups is 2. The predicted molar refractivity (Wildman–Crippen MR) is 73.2 cm³/mol. The summed E-state index contributed by atoms with van der Waals surface area (Å²) in [5.41, 5.74) is 1.67. The Morgan fingerprint density at radius 2 is 1.65 bits per heavy atom. The van der Waals surface area contributed by atoms with Crippen LogP contribution in [0.2, 0.25) is 0 Å². The predicted octanol–water partition coefficient (Wildman–Crippen LogP) is 2.51. The molecule has 0 aliphatic carbocycles. The molecule has 2 aromatic rings. The van der Waals surface area contributed by atoms with Crippen molar-refractivity contribution in [3.63, 3.8) is 0 Å². The van der Waals surface area contributed by atoms with Crippen LogP contribution >= 0.6 is 0 Å². The highest BCUT2D eigenvalue weighted by molar-refractivity contribution is 7.86. The molecule has 0 amide bonds. The van der Waals surface area contributed by atoms with E-state index in [2.05, 4.69) is 4.28 Å². The highest BCUT2D eigenvalue weighted by Crippen LogP contribution is 2.15. The van der Waals surface area contributed by atoms with E-state index >= 15 is 0 Å². The Morgan fingerprint density at radius 1 is 1.05 bits per heavy atom. The molecule has 20 heavy (non-hydrogen) atoms. The summed E-state index contributed by atoms with van der Waals surface area (Å²) in [7, 11) is -4.02. The summed E-state index contributed by atoms with van der Waals surface area (Å²) in [4.78, 5) is -0.00443. The molecule has 0 bridgehead atoms. The van der Waals surface area contributed by atoms with Gasteiger partial charge in [-0.3, -0.25) is 5.21 Å². The van der Waals surface area contributed by atoms with Gasteiger partial charge in [-0.2, -0.15) is 8.42 Å². The van der Waals surface area contributed by atoms with Crippen molar-refractivity contribution in [1.29, 1.82) is 0 Å². The van der Waals surface area contributed by atoms with Crippen LogP contribution in [-0.4, -0.2) is 18.9 Å². The first-order valence-electron chi connectivity index (χ1n) is 5.99. The fourth-order valence-electron chi connectivity index (χ4n) is 1.63. The molecule has 6 heteroatoms. The summed E-state index contributed by atoms with van der Waals surface area (Å²) in [6.45, 7) is 1.80. The minimum Gasteiger partial charge on any atom is -0.288 e. The second-order valence-electron chi connectivity index (χ2n) is 4.34. The van der Waals surface area contributed by atoms with Crippen LogP contribution in [0.15, 0.2) is 59.5 Å². The molecule has 106 valence electrons. The fraction of sp³-hybridized carbons (Fsp3) is 0.143. The number of aryl methyl sites for hydroxylation is 1. The van der Waals surface area contributed by atoms with Gasteiger partial charge in [0.25, 0.3) is 0 Å². The van der Waals surface area contributed by atoms with Crippen LogP contribution in [0.4, 0.5) is 0 Å². The van der Waals surface area contributed by atoms with Crippen LogP contribution in [-0.2, 0) is 20.9 Å². The van der Waals surface area contributed by atoms with E-state index in [1.54, 1.807) is 36.4 Å². The van der Waals surface area contributed by atoms with Crippen molar-refractivity contribution in [3.05, 3.63) is 65.7 Å². The summed E-state index contributed by atoms with van der Waals surface area (Å²) in [5.74, 6) is 0. The van der Waals surface area contributed by atoms with E-state index in [-0.39, 0.29) is 11.4 Å².